The number of likely N-dealkylation sites (N-methyl/N-ethyl adjacent to an activating group) is 1. The zero-order valence-electron chi connectivity index (χ0n) is 23.1. The predicted molar refractivity (Wildman–Crippen MR) is 132 cm³/mol. The van der Waals surface area contributed by atoms with Crippen molar-refractivity contribution in [3.05, 3.63) is 12.7 Å². The lowest BCUT2D eigenvalue weighted by atomic mass is 9.39. The van der Waals surface area contributed by atoms with E-state index in [1.54, 1.807) is 39.8 Å². The van der Waals surface area contributed by atoms with Crippen molar-refractivity contribution in [3.63, 3.8) is 0 Å². The largest absolute Gasteiger partial charge is 0.457 e. The average molecular weight is 510 g/mol. The Morgan fingerprint density at radius 3 is 2.28 bits per heavy atom. The van der Waals surface area contributed by atoms with Crippen molar-refractivity contribution >= 4 is 17.7 Å². The highest BCUT2D eigenvalue weighted by molar-refractivity contribution is 5.92. The van der Waals surface area contributed by atoms with Crippen molar-refractivity contribution in [2.24, 2.45) is 16.7 Å². The molecule has 0 aromatic heterocycles. The molecule has 2 aliphatic carbocycles. The zero-order chi connectivity index (χ0) is 27.6. The van der Waals surface area contributed by atoms with Gasteiger partial charge in [0.25, 0.3) is 0 Å². The fraction of sp³-hybridized carbons (Fsp3) is 0.815. The summed E-state index contributed by atoms with van der Waals surface area (Å²) in [6, 6.07) is -0.619. The number of Topliss-reactive ketones (excluding diaryl/α,β-unsaturated/α-hetero) is 1. The van der Waals surface area contributed by atoms with Gasteiger partial charge in [0, 0.05) is 24.7 Å². The second-order valence-corrected chi connectivity index (χ2v) is 12.4. The van der Waals surface area contributed by atoms with E-state index in [1.165, 1.54) is 19.9 Å². The monoisotopic (exact) mass is 509 g/mol. The highest BCUT2D eigenvalue weighted by atomic mass is 16.6. The third-order valence-corrected chi connectivity index (χ3v) is 9.36. The van der Waals surface area contributed by atoms with E-state index in [0.29, 0.717) is 12.8 Å². The van der Waals surface area contributed by atoms with Crippen LogP contribution in [0, 0.1) is 16.7 Å². The van der Waals surface area contributed by atoms with Crippen LogP contribution in [0.15, 0.2) is 12.7 Å². The molecule has 36 heavy (non-hydrogen) atoms. The number of aliphatic hydroxyl groups is 2. The Morgan fingerprint density at radius 2 is 1.78 bits per heavy atom. The van der Waals surface area contributed by atoms with Crippen molar-refractivity contribution in [2.45, 2.75) is 109 Å². The molecule has 0 aromatic rings. The van der Waals surface area contributed by atoms with Crippen molar-refractivity contribution in [3.8, 4) is 0 Å². The molecule has 0 amide bonds. The minimum Gasteiger partial charge on any atom is -0.457 e. The van der Waals surface area contributed by atoms with Gasteiger partial charge in [0.15, 0.2) is 17.5 Å². The van der Waals surface area contributed by atoms with Crippen LogP contribution in [0.3, 0.4) is 0 Å². The molecule has 9 atom stereocenters. The number of hydrogen-bond acceptors (Lipinski definition) is 9. The van der Waals surface area contributed by atoms with Crippen LogP contribution >= 0.6 is 0 Å². The van der Waals surface area contributed by atoms with Gasteiger partial charge in [0.2, 0.25) is 0 Å². The minimum absolute atomic E-state index is 0.174. The first-order valence-corrected chi connectivity index (χ1v) is 12.6. The maximum Gasteiger partial charge on any atom is 0.323 e. The number of fused-ring (bicyclic) bond motifs is 3. The highest BCUT2D eigenvalue weighted by Crippen LogP contribution is 2.67. The lowest BCUT2D eigenvalue weighted by molar-refractivity contribution is -0.371. The van der Waals surface area contributed by atoms with Crippen LogP contribution in [-0.2, 0) is 28.6 Å². The summed E-state index contributed by atoms with van der Waals surface area (Å²) in [7, 11) is 3.49. The van der Waals surface area contributed by atoms with E-state index in [4.69, 9.17) is 14.2 Å². The Labute approximate surface area is 214 Å². The van der Waals surface area contributed by atoms with Gasteiger partial charge in [-0.15, -0.1) is 6.58 Å². The SMILES string of the molecule is C=C[C@@]1(C)CC(=O)[C@]2(O)[C@@]3(C)[C@@H](O)CCC(C)(C)[C@@H]3[C@H](OC(=O)C(C)N(C)C)[C@H](OC(C)=O)[C@@]2(C)O1. The van der Waals surface area contributed by atoms with Crippen LogP contribution in [0.5, 0.6) is 0 Å². The second-order valence-electron chi connectivity index (χ2n) is 12.4. The van der Waals surface area contributed by atoms with Gasteiger partial charge in [0.1, 0.15) is 17.7 Å². The Morgan fingerprint density at radius 1 is 1.19 bits per heavy atom. The Bertz CT molecular complexity index is 948. The number of aliphatic hydroxyl groups excluding tert-OH is 1. The first-order chi connectivity index (χ1) is 16.3. The normalized spacial score (nSPS) is 44.7. The summed E-state index contributed by atoms with van der Waals surface area (Å²) in [4.78, 5) is 41.4. The molecule has 2 N–H and O–H groups in total. The number of esters is 2. The molecule has 3 fully saturated rings. The van der Waals surface area contributed by atoms with E-state index in [-0.39, 0.29) is 6.42 Å². The van der Waals surface area contributed by atoms with Crippen molar-refractivity contribution in [1.82, 2.24) is 4.90 Å². The van der Waals surface area contributed by atoms with Crippen LogP contribution in [0.2, 0.25) is 0 Å². The van der Waals surface area contributed by atoms with Gasteiger partial charge in [0.05, 0.1) is 11.7 Å². The Hall–Kier alpha value is -1.81. The van der Waals surface area contributed by atoms with E-state index < -0.39 is 75.6 Å². The van der Waals surface area contributed by atoms with Crippen molar-refractivity contribution in [1.29, 1.82) is 0 Å². The van der Waals surface area contributed by atoms with Crippen LogP contribution in [-0.4, -0.2) is 88.1 Å². The summed E-state index contributed by atoms with van der Waals surface area (Å²) in [5, 5.41) is 24.0. The molecule has 1 unspecified atom stereocenters. The molecular formula is C27H43NO8. The summed E-state index contributed by atoms with van der Waals surface area (Å²) >= 11 is 0. The first-order valence-electron chi connectivity index (χ1n) is 12.6. The number of ketones is 1. The molecule has 1 saturated heterocycles. The fourth-order valence-electron chi connectivity index (χ4n) is 7.19. The van der Waals surface area contributed by atoms with E-state index >= 15 is 0 Å². The molecule has 0 radical (unpaired) electrons. The van der Waals surface area contributed by atoms with Crippen LogP contribution in [0.25, 0.3) is 0 Å². The molecule has 0 aromatic carbocycles. The average Bonchev–Trinajstić information content (AvgIpc) is 2.76. The van der Waals surface area contributed by atoms with Gasteiger partial charge in [-0.25, -0.2) is 0 Å². The summed E-state index contributed by atoms with van der Waals surface area (Å²) in [5.41, 5.74) is -7.37. The van der Waals surface area contributed by atoms with Crippen LogP contribution < -0.4 is 0 Å². The zero-order valence-corrected chi connectivity index (χ0v) is 23.1. The summed E-state index contributed by atoms with van der Waals surface area (Å²) in [5.74, 6) is -2.50. The lowest BCUT2D eigenvalue weighted by Gasteiger charge is -2.71. The van der Waals surface area contributed by atoms with Gasteiger partial charge in [-0.1, -0.05) is 26.8 Å². The van der Waals surface area contributed by atoms with Gasteiger partial charge in [-0.3, -0.25) is 19.3 Å². The number of nitrogens with zero attached hydrogens (tertiary/aromatic N) is 1. The lowest BCUT2D eigenvalue weighted by Crippen LogP contribution is -2.87. The standard InChI is InChI=1S/C27H43NO8/c1-11-24(6)14-18(31)27(33)25(7)17(30)12-13-23(4,5)20(25)19(35-22(32)15(2)28(9)10)21(34-16(3)29)26(27,8)36-24/h11,15,17,19-21,30,33H,1,12-14H2,2-10H3/t15?,17-,19-,20-,21-,24-,25-,26+,27-/m0/s1. The number of hydrogen-bond donors (Lipinski definition) is 2. The maximum absolute atomic E-state index is 14.0. The first kappa shape index (κ1) is 28.8. The number of ether oxygens (including phenoxy) is 3. The minimum atomic E-state index is -2.25. The van der Waals surface area contributed by atoms with E-state index in [2.05, 4.69) is 6.58 Å². The molecule has 1 heterocycles. The summed E-state index contributed by atoms with van der Waals surface area (Å²) in [6.07, 6.45) is -1.36. The van der Waals surface area contributed by atoms with E-state index in [9.17, 15) is 24.6 Å². The number of rotatable bonds is 5. The molecule has 9 nitrogen and oxygen atoms in total. The third-order valence-electron chi connectivity index (χ3n) is 9.36. The van der Waals surface area contributed by atoms with Gasteiger partial charge >= 0.3 is 11.9 Å². The maximum atomic E-state index is 14.0. The Kier molecular flexibility index (Phi) is 7.10. The quantitative estimate of drug-likeness (QED) is 0.423. The fourth-order valence-corrected chi connectivity index (χ4v) is 7.19. The Balaban J connectivity index is 2.35. The second kappa shape index (κ2) is 8.89. The number of carbonyl (C=O) groups is 3. The van der Waals surface area contributed by atoms with E-state index in [0.717, 1.165) is 0 Å². The van der Waals surface area contributed by atoms with Crippen molar-refractivity contribution < 1.29 is 38.8 Å². The van der Waals surface area contributed by atoms with Gasteiger partial charge < -0.3 is 24.4 Å². The molecular weight excluding hydrogens is 466 g/mol. The molecule has 1 aliphatic heterocycles. The van der Waals surface area contributed by atoms with Gasteiger partial charge in [-0.2, -0.15) is 0 Å². The topological polar surface area (TPSA) is 123 Å². The molecule has 204 valence electrons. The van der Waals surface area contributed by atoms with Crippen molar-refractivity contribution in [2.75, 3.05) is 14.1 Å². The molecule has 9 heteroatoms. The molecule has 2 saturated carbocycles. The van der Waals surface area contributed by atoms with Gasteiger partial charge in [-0.05, 0) is 53.1 Å². The third kappa shape index (κ3) is 3.85. The van der Waals surface area contributed by atoms with Crippen LogP contribution in [0.4, 0.5) is 0 Å². The number of carbonyl (C=O) groups excluding carboxylic acids is 3. The molecule has 0 spiro atoms. The summed E-state index contributed by atoms with van der Waals surface area (Å²) < 4.78 is 18.4. The molecule has 3 aliphatic rings. The van der Waals surface area contributed by atoms with E-state index in [1.807, 2.05) is 13.8 Å². The molecule has 3 rings (SSSR count). The molecule has 0 bridgehead atoms. The predicted octanol–water partition coefficient (Wildman–Crippen LogP) is 2.02. The smallest absolute Gasteiger partial charge is 0.323 e. The summed E-state index contributed by atoms with van der Waals surface area (Å²) in [6.45, 7) is 15.5. The van der Waals surface area contributed by atoms with Crippen LogP contribution in [0.1, 0.15) is 67.7 Å². The highest BCUT2D eigenvalue weighted by Gasteiger charge is 2.82.